The number of hydrogen-bond acceptors (Lipinski definition) is 1. The lowest BCUT2D eigenvalue weighted by Crippen LogP contribution is -1.85. The van der Waals surface area contributed by atoms with Crippen molar-refractivity contribution >= 4 is 5.78 Å². The van der Waals surface area contributed by atoms with Crippen LogP contribution in [0.5, 0.6) is 0 Å². The summed E-state index contributed by atoms with van der Waals surface area (Å²) in [4.78, 5) is 10.5. The first-order valence-electron chi connectivity index (χ1n) is 3.34. The predicted molar refractivity (Wildman–Crippen MR) is 43.9 cm³/mol. The molecule has 0 aromatic heterocycles. The van der Waals surface area contributed by atoms with E-state index in [2.05, 4.69) is 6.58 Å². The molecule has 0 aliphatic carbocycles. The monoisotopic (exact) mass is 138 g/mol. The van der Waals surface area contributed by atoms with Gasteiger partial charge in [-0.3, -0.25) is 4.79 Å². The van der Waals surface area contributed by atoms with Gasteiger partial charge >= 0.3 is 0 Å². The maximum atomic E-state index is 10.5. The zero-order valence-corrected chi connectivity index (χ0v) is 6.90. The summed E-state index contributed by atoms with van der Waals surface area (Å²) < 4.78 is 0. The number of allylic oxidation sites excluding steroid dienone is 3. The van der Waals surface area contributed by atoms with Gasteiger partial charge in [-0.05, 0) is 33.3 Å². The molecule has 56 valence electrons. The van der Waals surface area contributed by atoms with Crippen molar-refractivity contribution in [2.24, 2.45) is 0 Å². The number of carbonyl (C=O) groups excluding carboxylic acids is 1. The zero-order chi connectivity index (χ0) is 8.15. The standard InChI is InChI=1S/C9H14O/c1-7(2)5-8(3)6-9(4)10/h6H,1,5H2,2-4H3. The van der Waals surface area contributed by atoms with Crippen molar-refractivity contribution in [1.82, 2.24) is 0 Å². The van der Waals surface area contributed by atoms with Crippen LogP contribution in [0.3, 0.4) is 0 Å². The molecular formula is C9H14O. The summed E-state index contributed by atoms with van der Waals surface area (Å²) in [6.45, 7) is 9.20. The van der Waals surface area contributed by atoms with Crippen LogP contribution < -0.4 is 0 Å². The van der Waals surface area contributed by atoms with Crippen LogP contribution in [0.2, 0.25) is 0 Å². The van der Waals surface area contributed by atoms with Gasteiger partial charge in [-0.1, -0.05) is 17.7 Å². The van der Waals surface area contributed by atoms with Gasteiger partial charge in [0.05, 0.1) is 0 Å². The lowest BCUT2D eigenvalue weighted by atomic mass is 10.1. The Morgan fingerprint density at radius 3 is 2.20 bits per heavy atom. The molecule has 10 heavy (non-hydrogen) atoms. The molecule has 0 saturated heterocycles. The van der Waals surface area contributed by atoms with Crippen LogP contribution in [-0.2, 0) is 4.79 Å². The molecule has 0 aromatic rings. The summed E-state index contributed by atoms with van der Waals surface area (Å²) in [7, 11) is 0. The van der Waals surface area contributed by atoms with Crippen LogP contribution in [-0.4, -0.2) is 5.78 Å². The molecular weight excluding hydrogens is 124 g/mol. The Kier molecular flexibility index (Phi) is 3.70. The highest BCUT2D eigenvalue weighted by Gasteiger charge is 1.91. The molecule has 1 heteroatoms. The van der Waals surface area contributed by atoms with Gasteiger partial charge in [0, 0.05) is 0 Å². The van der Waals surface area contributed by atoms with Crippen LogP contribution >= 0.6 is 0 Å². The topological polar surface area (TPSA) is 17.1 Å². The van der Waals surface area contributed by atoms with E-state index in [1.165, 1.54) is 0 Å². The third kappa shape index (κ3) is 5.29. The van der Waals surface area contributed by atoms with Crippen LogP contribution in [0.1, 0.15) is 27.2 Å². The number of rotatable bonds is 3. The molecule has 0 saturated carbocycles. The van der Waals surface area contributed by atoms with Crippen molar-refractivity contribution < 1.29 is 4.79 Å². The molecule has 0 rings (SSSR count). The van der Waals surface area contributed by atoms with Gasteiger partial charge in [-0.15, -0.1) is 0 Å². The lowest BCUT2D eigenvalue weighted by Gasteiger charge is -1.96. The third-order valence-corrected chi connectivity index (χ3v) is 1.03. The third-order valence-electron chi connectivity index (χ3n) is 1.03. The fraction of sp³-hybridized carbons (Fsp3) is 0.444. The molecule has 0 aliphatic rings. The second kappa shape index (κ2) is 4.04. The Labute approximate surface area is 62.4 Å². The van der Waals surface area contributed by atoms with Gasteiger partial charge in [-0.2, -0.15) is 0 Å². The van der Waals surface area contributed by atoms with Crippen molar-refractivity contribution in [3.8, 4) is 0 Å². The fourth-order valence-electron chi connectivity index (χ4n) is 0.874. The highest BCUT2D eigenvalue weighted by atomic mass is 16.1. The Morgan fingerprint density at radius 1 is 1.40 bits per heavy atom. The molecule has 0 N–H and O–H groups in total. The van der Waals surface area contributed by atoms with Gasteiger partial charge in [0.15, 0.2) is 5.78 Å². The van der Waals surface area contributed by atoms with E-state index in [9.17, 15) is 4.79 Å². The van der Waals surface area contributed by atoms with Gasteiger partial charge in [0.25, 0.3) is 0 Å². The molecule has 0 heterocycles. The first kappa shape index (κ1) is 9.15. The molecule has 1 nitrogen and oxygen atoms in total. The summed E-state index contributed by atoms with van der Waals surface area (Å²) in [5.41, 5.74) is 2.18. The van der Waals surface area contributed by atoms with Gasteiger partial charge in [0.2, 0.25) is 0 Å². The van der Waals surface area contributed by atoms with Gasteiger partial charge in [0.1, 0.15) is 0 Å². The Morgan fingerprint density at radius 2 is 1.90 bits per heavy atom. The predicted octanol–water partition coefficient (Wildman–Crippen LogP) is 2.49. The maximum absolute atomic E-state index is 10.5. The van der Waals surface area contributed by atoms with E-state index < -0.39 is 0 Å². The summed E-state index contributed by atoms with van der Waals surface area (Å²) in [5.74, 6) is 0.110. The Balaban J connectivity index is 3.95. The maximum Gasteiger partial charge on any atom is 0.152 e. The summed E-state index contributed by atoms with van der Waals surface area (Å²) >= 11 is 0. The molecule has 0 aliphatic heterocycles. The van der Waals surface area contributed by atoms with E-state index >= 15 is 0 Å². The summed E-state index contributed by atoms with van der Waals surface area (Å²) in [6, 6.07) is 0. The highest BCUT2D eigenvalue weighted by Crippen LogP contribution is 2.06. The molecule has 0 radical (unpaired) electrons. The van der Waals surface area contributed by atoms with Crippen LogP contribution in [0.15, 0.2) is 23.8 Å². The number of hydrogen-bond donors (Lipinski definition) is 0. The Hall–Kier alpha value is -0.850. The van der Waals surface area contributed by atoms with Crippen LogP contribution in [0.25, 0.3) is 0 Å². The molecule has 0 spiro atoms. The summed E-state index contributed by atoms with van der Waals surface area (Å²) in [5, 5.41) is 0. The number of carbonyl (C=O) groups is 1. The SMILES string of the molecule is C=C(C)CC(C)=CC(C)=O. The normalized spacial score (nSPS) is 11.3. The highest BCUT2D eigenvalue weighted by molar-refractivity contribution is 5.87. The van der Waals surface area contributed by atoms with E-state index in [0.29, 0.717) is 0 Å². The van der Waals surface area contributed by atoms with Crippen molar-refractivity contribution in [1.29, 1.82) is 0 Å². The lowest BCUT2D eigenvalue weighted by molar-refractivity contribution is -0.112. The number of ketones is 1. The Bertz CT molecular complexity index is 175. The molecule has 0 atom stereocenters. The van der Waals surface area contributed by atoms with Crippen molar-refractivity contribution in [3.63, 3.8) is 0 Å². The average molecular weight is 138 g/mol. The minimum absolute atomic E-state index is 0.110. The minimum atomic E-state index is 0.110. The van der Waals surface area contributed by atoms with E-state index in [1.54, 1.807) is 13.0 Å². The van der Waals surface area contributed by atoms with Crippen LogP contribution in [0, 0.1) is 0 Å². The van der Waals surface area contributed by atoms with Gasteiger partial charge in [-0.25, -0.2) is 0 Å². The molecule has 0 aromatic carbocycles. The van der Waals surface area contributed by atoms with Crippen LogP contribution in [0.4, 0.5) is 0 Å². The fourth-order valence-corrected chi connectivity index (χ4v) is 0.874. The second-order valence-corrected chi connectivity index (χ2v) is 2.74. The van der Waals surface area contributed by atoms with E-state index in [4.69, 9.17) is 0 Å². The second-order valence-electron chi connectivity index (χ2n) is 2.74. The molecule has 0 unspecified atom stereocenters. The smallest absolute Gasteiger partial charge is 0.152 e. The quantitative estimate of drug-likeness (QED) is 0.432. The largest absolute Gasteiger partial charge is 0.295 e. The van der Waals surface area contributed by atoms with Gasteiger partial charge < -0.3 is 0 Å². The van der Waals surface area contributed by atoms with Crippen molar-refractivity contribution in [3.05, 3.63) is 23.8 Å². The van der Waals surface area contributed by atoms with E-state index in [0.717, 1.165) is 17.6 Å². The summed E-state index contributed by atoms with van der Waals surface area (Å²) in [6.07, 6.45) is 2.48. The van der Waals surface area contributed by atoms with Crippen molar-refractivity contribution in [2.45, 2.75) is 27.2 Å². The zero-order valence-electron chi connectivity index (χ0n) is 6.90. The molecule has 0 bridgehead atoms. The average Bonchev–Trinajstić information content (AvgIpc) is 1.58. The first-order chi connectivity index (χ1) is 4.52. The molecule has 0 fully saturated rings. The van der Waals surface area contributed by atoms with E-state index in [-0.39, 0.29) is 5.78 Å². The van der Waals surface area contributed by atoms with E-state index in [1.807, 2.05) is 13.8 Å². The van der Waals surface area contributed by atoms with Crippen molar-refractivity contribution in [2.75, 3.05) is 0 Å². The molecule has 0 amide bonds. The first-order valence-corrected chi connectivity index (χ1v) is 3.34. The minimum Gasteiger partial charge on any atom is -0.295 e.